The van der Waals surface area contributed by atoms with Gasteiger partial charge in [-0.2, -0.15) is 18.3 Å². The van der Waals surface area contributed by atoms with Gasteiger partial charge in [0, 0.05) is 31.3 Å². The van der Waals surface area contributed by atoms with Gasteiger partial charge in [-0.25, -0.2) is 5.01 Å². The summed E-state index contributed by atoms with van der Waals surface area (Å²) in [6.07, 6.45) is -2.26. The number of nitrogens with one attached hydrogen (secondary N) is 2. The molecule has 1 atom stereocenters. The molecule has 3 heterocycles. The number of rotatable bonds is 3. The van der Waals surface area contributed by atoms with E-state index in [-0.39, 0.29) is 18.2 Å². The van der Waals surface area contributed by atoms with Crippen LogP contribution in [0.2, 0.25) is 5.02 Å². The van der Waals surface area contributed by atoms with E-state index >= 15 is 0 Å². The molecule has 2 N–H and O–H groups in total. The molecule has 11 heteroatoms. The molecule has 4 rings (SSSR count). The highest BCUT2D eigenvalue weighted by Gasteiger charge is 2.38. The van der Waals surface area contributed by atoms with E-state index in [4.69, 9.17) is 11.6 Å². The zero-order chi connectivity index (χ0) is 21.6. The van der Waals surface area contributed by atoms with E-state index in [0.717, 1.165) is 24.0 Å². The van der Waals surface area contributed by atoms with Crippen LogP contribution >= 0.6 is 11.6 Å². The third-order valence-corrected chi connectivity index (χ3v) is 5.67. The first-order valence-corrected chi connectivity index (χ1v) is 9.82. The van der Waals surface area contributed by atoms with Gasteiger partial charge in [0.15, 0.2) is 5.82 Å². The molecular formula is C19H20ClF3N6O. The van der Waals surface area contributed by atoms with Gasteiger partial charge in [-0.3, -0.25) is 9.48 Å². The quantitative estimate of drug-likeness (QED) is 0.764. The summed E-state index contributed by atoms with van der Waals surface area (Å²) in [6, 6.07) is 5.01. The van der Waals surface area contributed by atoms with Crippen LogP contribution in [-0.2, 0) is 12.7 Å². The second kappa shape index (κ2) is 7.51. The zero-order valence-electron chi connectivity index (χ0n) is 16.3. The molecule has 0 bridgehead atoms. The Balaban J connectivity index is 1.60. The van der Waals surface area contributed by atoms with Crippen LogP contribution in [0.3, 0.4) is 0 Å². The van der Waals surface area contributed by atoms with Gasteiger partial charge in [0.2, 0.25) is 0 Å². The fourth-order valence-electron chi connectivity index (χ4n) is 3.64. The molecule has 1 aromatic carbocycles. The molecule has 1 amide bonds. The minimum atomic E-state index is -4.63. The van der Waals surface area contributed by atoms with E-state index in [0.29, 0.717) is 12.2 Å². The largest absolute Gasteiger partial charge is 0.417 e. The molecule has 30 heavy (non-hydrogen) atoms. The highest BCUT2D eigenvalue weighted by atomic mass is 35.5. The SMILES string of the molecule is CCn1ccc(N2NNC3=C2C[C@H](C)N(C(=O)c2cccc(C(F)(F)F)c2Cl)C3)n1. The maximum atomic E-state index is 13.2. The van der Waals surface area contributed by atoms with Crippen molar-refractivity contribution in [1.29, 1.82) is 0 Å². The number of hydrogen-bond acceptors (Lipinski definition) is 5. The monoisotopic (exact) mass is 440 g/mol. The van der Waals surface area contributed by atoms with Gasteiger partial charge in [-0.1, -0.05) is 17.7 Å². The zero-order valence-corrected chi connectivity index (χ0v) is 17.1. The van der Waals surface area contributed by atoms with Gasteiger partial charge in [0.25, 0.3) is 5.91 Å². The highest BCUT2D eigenvalue weighted by molar-refractivity contribution is 6.34. The Morgan fingerprint density at radius 1 is 1.33 bits per heavy atom. The smallest absolute Gasteiger partial charge is 0.330 e. The Morgan fingerprint density at radius 3 is 2.77 bits per heavy atom. The van der Waals surface area contributed by atoms with Gasteiger partial charge in [0.1, 0.15) is 0 Å². The fraction of sp³-hybridized carbons (Fsp3) is 0.368. The summed E-state index contributed by atoms with van der Waals surface area (Å²) in [6.45, 7) is 4.79. The first kappa shape index (κ1) is 20.5. The van der Waals surface area contributed by atoms with E-state index < -0.39 is 22.7 Å². The maximum Gasteiger partial charge on any atom is 0.417 e. The van der Waals surface area contributed by atoms with Gasteiger partial charge >= 0.3 is 6.18 Å². The van der Waals surface area contributed by atoms with Crippen molar-refractivity contribution in [1.82, 2.24) is 25.6 Å². The summed E-state index contributed by atoms with van der Waals surface area (Å²) in [4.78, 5) is 14.6. The second-order valence-electron chi connectivity index (χ2n) is 7.18. The summed E-state index contributed by atoms with van der Waals surface area (Å²) >= 11 is 5.96. The molecule has 0 aliphatic carbocycles. The number of carbonyl (C=O) groups excluding carboxylic acids is 1. The molecule has 160 valence electrons. The lowest BCUT2D eigenvalue weighted by atomic mass is 10.0. The summed E-state index contributed by atoms with van der Waals surface area (Å²) in [5.74, 6) is 0.169. The summed E-state index contributed by atoms with van der Waals surface area (Å²) in [7, 11) is 0. The number of aryl methyl sites for hydroxylation is 1. The van der Waals surface area contributed by atoms with Crippen LogP contribution in [0.15, 0.2) is 41.9 Å². The standard InChI is InChI=1S/C19H20ClF3N6O/c1-3-27-8-7-16(25-27)29-15-9-11(2)28(10-14(15)24-26-29)18(30)12-5-4-6-13(17(12)20)19(21,22)23/h4-8,11,24,26H,3,9-10H2,1-2H3/t11-/m0/s1. The average molecular weight is 441 g/mol. The number of alkyl halides is 3. The fourth-order valence-corrected chi connectivity index (χ4v) is 3.96. The Bertz CT molecular complexity index is 1020. The molecular weight excluding hydrogens is 421 g/mol. The molecule has 0 radical (unpaired) electrons. The summed E-state index contributed by atoms with van der Waals surface area (Å²) in [5.41, 5.74) is 6.59. The van der Waals surface area contributed by atoms with Crippen molar-refractivity contribution in [3.8, 4) is 0 Å². The first-order chi connectivity index (χ1) is 14.2. The predicted octanol–water partition coefficient (Wildman–Crippen LogP) is 3.55. The first-order valence-electron chi connectivity index (χ1n) is 9.44. The van der Waals surface area contributed by atoms with Crippen molar-refractivity contribution in [2.45, 2.75) is 39.0 Å². The third-order valence-electron chi connectivity index (χ3n) is 5.26. The van der Waals surface area contributed by atoms with Crippen LogP contribution in [-0.4, -0.2) is 33.2 Å². The number of carbonyl (C=O) groups is 1. The lowest BCUT2D eigenvalue weighted by Crippen LogP contribution is -2.44. The van der Waals surface area contributed by atoms with Crippen molar-refractivity contribution >= 4 is 23.3 Å². The number of amides is 1. The van der Waals surface area contributed by atoms with E-state index in [1.807, 2.05) is 31.1 Å². The van der Waals surface area contributed by atoms with Crippen molar-refractivity contribution in [2.75, 3.05) is 11.6 Å². The number of halogens is 4. The molecule has 0 saturated heterocycles. The van der Waals surface area contributed by atoms with E-state index in [9.17, 15) is 18.0 Å². The number of nitrogens with zero attached hydrogens (tertiary/aromatic N) is 4. The lowest BCUT2D eigenvalue weighted by molar-refractivity contribution is -0.137. The third kappa shape index (κ3) is 3.50. The van der Waals surface area contributed by atoms with Crippen LogP contribution in [0.5, 0.6) is 0 Å². The average Bonchev–Trinajstić information content (AvgIpc) is 3.32. The Morgan fingerprint density at radius 2 is 2.10 bits per heavy atom. The van der Waals surface area contributed by atoms with Crippen LogP contribution in [0.4, 0.5) is 19.0 Å². The Kier molecular flexibility index (Phi) is 5.15. The molecule has 2 aliphatic heterocycles. The number of anilines is 1. The molecule has 2 aromatic rings. The van der Waals surface area contributed by atoms with Crippen LogP contribution < -0.4 is 16.0 Å². The highest BCUT2D eigenvalue weighted by Crippen LogP contribution is 2.37. The van der Waals surface area contributed by atoms with E-state index in [2.05, 4.69) is 16.1 Å². The summed E-state index contributed by atoms with van der Waals surface area (Å²) in [5, 5.41) is 5.71. The van der Waals surface area contributed by atoms with Gasteiger partial charge in [0.05, 0.1) is 34.1 Å². The molecule has 7 nitrogen and oxygen atoms in total. The van der Waals surface area contributed by atoms with Crippen molar-refractivity contribution in [3.63, 3.8) is 0 Å². The Labute approximate surface area is 176 Å². The molecule has 0 spiro atoms. The van der Waals surface area contributed by atoms with Crippen LogP contribution in [0.25, 0.3) is 0 Å². The van der Waals surface area contributed by atoms with E-state index in [1.165, 1.54) is 17.0 Å². The van der Waals surface area contributed by atoms with Crippen LogP contribution in [0.1, 0.15) is 36.2 Å². The van der Waals surface area contributed by atoms with Gasteiger partial charge in [-0.15, -0.1) is 5.53 Å². The van der Waals surface area contributed by atoms with Crippen LogP contribution in [0, 0.1) is 0 Å². The number of aromatic nitrogens is 2. The minimum Gasteiger partial charge on any atom is -0.330 e. The Hall–Kier alpha value is -2.72. The van der Waals surface area contributed by atoms with Crippen molar-refractivity contribution in [3.05, 3.63) is 58.0 Å². The second-order valence-corrected chi connectivity index (χ2v) is 7.56. The topological polar surface area (TPSA) is 65.4 Å². The number of benzene rings is 1. The van der Waals surface area contributed by atoms with Gasteiger partial charge in [-0.05, 0) is 26.0 Å². The molecule has 1 aromatic heterocycles. The molecule has 0 fully saturated rings. The minimum absolute atomic E-state index is 0.160. The predicted molar refractivity (Wildman–Crippen MR) is 105 cm³/mol. The van der Waals surface area contributed by atoms with E-state index in [1.54, 1.807) is 4.68 Å². The molecule has 0 saturated carbocycles. The number of hydrazine groups is 2. The normalized spacial score (nSPS) is 19.2. The maximum absolute atomic E-state index is 13.2. The molecule has 0 unspecified atom stereocenters. The van der Waals surface area contributed by atoms with Crippen molar-refractivity contribution < 1.29 is 18.0 Å². The lowest BCUT2D eigenvalue weighted by Gasteiger charge is -2.35. The van der Waals surface area contributed by atoms with Gasteiger partial charge < -0.3 is 10.3 Å². The van der Waals surface area contributed by atoms with Crippen molar-refractivity contribution in [2.24, 2.45) is 0 Å². The number of hydrogen-bond donors (Lipinski definition) is 2. The summed E-state index contributed by atoms with van der Waals surface area (Å²) < 4.78 is 41.3. The molecule has 2 aliphatic rings.